The topological polar surface area (TPSA) is 297 Å². The average molecular weight is 688 g/mol. The zero-order chi connectivity index (χ0) is 33.0. The molecular weight excluding hydrogens is 660 g/mol. The average Bonchev–Trinajstić information content (AvgIpc) is 3.74. The van der Waals surface area contributed by atoms with Gasteiger partial charge in [0, 0.05) is 24.7 Å². The van der Waals surface area contributed by atoms with E-state index in [4.69, 9.17) is 24.3 Å². The zero-order valence-corrected chi connectivity index (χ0v) is 25.0. The zero-order valence-electron chi connectivity index (χ0n) is 23.3. The standard InChI is InChI=1S/C23H27N7O14P2/c24-19(35)11-2-1-4-28(6-11)21-17(33)15(31)13(42-21)8-40-46(39,44-45(36,37)38)41-9-14-16(32)18(34)22(43-14)29-7-12-20(26-10-29)27-23-25-3-5-30(12)23/h1-7,10,13-18,21-22,31-34H,8-9H2,(H3-,24,35,36,37,38)/p+1/t13-,14-,15-,16-,17-,18-,21-,22-,46?/m1/s1. The lowest BCUT2D eigenvalue weighted by Crippen LogP contribution is -2.46. The van der Waals surface area contributed by atoms with Gasteiger partial charge in [0.25, 0.3) is 12.1 Å². The van der Waals surface area contributed by atoms with Crippen molar-refractivity contribution in [3.05, 3.63) is 55.0 Å². The molecular formula is C23H28N7O14P2+. The summed E-state index contributed by atoms with van der Waals surface area (Å²) in [5.41, 5.74) is 6.21. The highest BCUT2D eigenvalue weighted by Crippen LogP contribution is 2.61. The van der Waals surface area contributed by atoms with Crippen LogP contribution in [0.2, 0.25) is 0 Å². The van der Waals surface area contributed by atoms with Crippen molar-refractivity contribution in [2.24, 2.45) is 5.73 Å². The van der Waals surface area contributed by atoms with Crippen LogP contribution in [0.3, 0.4) is 0 Å². The van der Waals surface area contributed by atoms with E-state index >= 15 is 0 Å². The number of phosphoric ester groups is 1. The summed E-state index contributed by atoms with van der Waals surface area (Å²) in [5.74, 6) is -0.381. The highest BCUT2D eigenvalue weighted by atomic mass is 31.3. The predicted octanol–water partition coefficient (Wildman–Crippen LogP) is -2.35. The van der Waals surface area contributed by atoms with Crippen LogP contribution in [0.5, 0.6) is 0 Å². The van der Waals surface area contributed by atoms with Crippen LogP contribution < -0.4 is 10.3 Å². The Labute approximate surface area is 257 Å². The summed E-state index contributed by atoms with van der Waals surface area (Å²) in [5, 5.41) is 42.4. The first-order chi connectivity index (χ1) is 21.7. The lowest BCUT2D eigenvalue weighted by Gasteiger charge is -2.22. The lowest BCUT2D eigenvalue weighted by atomic mass is 10.1. The van der Waals surface area contributed by atoms with Gasteiger partial charge in [-0.25, -0.2) is 19.1 Å². The van der Waals surface area contributed by atoms with Crippen LogP contribution in [-0.2, 0) is 32.0 Å². The van der Waals surface area contributed by atoms with Crippen molar-refractivity contribution in [2.75, 3.05) is 13.2 Å². The number of pyridine rings is 1. The van der Waals surface area contributed by atoms with Crippen LogP contribution in [-0.4, -0.2) is 110 Å². The summed E-state index contributed by atoms with van der Waals surface area (Å²) in [7, 11) is -10.7. The normalized spacial score (nSPS) is 29.9. The van der Waals surface area contributed by atoms with Crippen molar-refractivity contribution in [1.29, 1.82) is 0 Å². The number of phosphoric acid groups is 2. The molecule has 2 fully saturated rings. The summed E-state index contributed by atoms with van der Waals surface area (Å²) in [6, 6.07) is 2.85. The van der Waals surface area contributed by atoms with Gasteiger partial charge < -0.3 is 50.0 Å². The first-order valence-electron chi connectivity index (χ1n) is 13.4. The van der Waals surface area contributed by atoms with Crippen molar-refractivity contribution in [2.45, 2.75) is 49.1 Å². The van der Waals surface area contributed by atoms with Crippen LogP contribution in [0.15, 0.2) is 49.4 Å². The summed E-state index contributed by atoms with van der Waals surface area (Å²) in [6.45, 7) is -1.74. The van der Waals surface area contributed by atoms with Crippen molar-refractivity contribution in [3.63, 3.8) is 0 Å². The molecule has 1 amide bonds. The number of ether oxygens (including phenoxy) is 2. The summed E-state index contributed by atoms with van der Waals surface area (Å²) < 4.78 is 54.9. The molecule has 8 N–H and O–H groups in total. The molecule has 23 heteroatoms. The maximum atomic E-state index is 13.3. The van der Waals surface area contributed by atoms with Crippen LogP contribution in [0.4, 0.5) is 0 Å². The molecule has 0 radical (unpaired) electrons. The fourth-order valence-corrected chi connectivity index (χ4v) is 7.20. The minimum atomic E-state index is -5.52. The Morgan fingerprint density at radius 3 is 2.41 bits per heavy atom. The molecule has 2 saturated heterocycles. The summed E-state index contributed by atoms with van der Waals surface area (Å²) in [6.07, 6.45) is -3.16. The summed E-state index contributed by atoms with van der Waals surface area (Å²) >= 11 is 0. The van der Waals surface area contributed by atoms with Gasteiger partial charge in [0.1, 0.15) is 41.6 Å². The SMILES string of the molecule is NC(=O)c1ccc[n+]([C@@H]2O[C@H](COP(=O)(OC[C@H]3O[C@@H](n4cnc5nc6nccn6c5c4)[C@H](O)[C@@H]3O)OP(=O)(O)O)[C@@H](O)[C@H]2O)c1. The molecule has 21 nitrogen and oxygen atoms in total. The van der Waals surface area contributed by atoms with Gasteiger partial charge in [0.15, 0.2) is 30.4 Å². The minimum Gasteiger partial charge on any atom is -0.387 e. The smallest absolute Gasteiger partial charge is 0.387 e. The van der Waals surface area contributed by atoms with Gasteiger partial charge in [-0.2, -0.15) is 13.9 Å². The van der Waals surface area contributed by atoms with Gasteiger partial charge in [0.05, 0.1) is 19.5 Å². The van der Waals surface area contributed by atoms with E-state index in [-0.39, 0.29) is 5.56 Å². The lowest BCUT2D eigenvalue weighted by molar-refractivity contribution is -0.765. The Bertz CT molecular complexity index is 1850. The van der Waals surface area contributed by atoms with Gasteiger partial charge in [-0.1, -0.05) is 0 Å². The number of imidazole rings is 2. The van der Waals surface area contributed by atoms with E-state index in [1.807, 2.05) is 0 Å². The number of primary amides is 1. The number of amides is 1. The molecule has 46 heavy (non-hydrogen) atoms. The van der Waals surface area contributed by atoms with E-state index in [9.17, 15) is 44.1 Å². The van der Waals surface area contributed by atoms with Gasteiger partial charge in [-0.15, -0.1) is 0 Å². The van der Waals surface area contributed by atoms with E-state index in [0.29, 0.717) is 16.9 Å². The number of hydrogen-bond acceptors (Lipinski definition) is 15. The Hall–Kier alpha value is -3.27. The Morgan fingerprint density at radius 2 is 1.72 bits per heavy atom. The molecule has 2 aliphatic rings. The molecule has 2 aliphatic heterocycles. The largest absolute Gasteiger partial charge is 0.483 e. The quantitative estimate of drug-likeness (QED) is 0.0641. The molecule has 1 unspecified atom stereocenters. The number of rotatable bonds is 11. The number of aromatic nitrogens is 6. The third-order valence-corrected chi connectivity index (χ3v) is 9.85. The highest BCUT2D eigenvalue weighted by molar-refractivity contribution is 7.61. The predicted molar refractivity (Wildman–Crippen MR) is 146 cm³/mol. The van der Waals surface area contributed by atoms with E-state index in [1.165, 1.54) is 52.4 Å². The highest BCUT2D eigenvalue weighted by Gasteiger charge is 2.50. The maximum Gasteiger partial charge on any atom is 0.483 e. The number of aliphatic hydroxyl groups excluding tert-OH is 4. The second kappa shape index (κ2) is 12.4. The van der Waals surface area contributed by atoms with Crippen LogP contribution in [0.1, 0.15) is 22.8 Å². The van der Waals surface area contributed by atoms with E-state index < -0.39 is 83.8 Å². The van der Waals surface area contributed by atoms with E-state index in [1.54, 1.807) is 10.6 Å². The second-order valence-electron chi connectivity index (χ2n) is 10.3. The van der Waals surface area contributed by atoms with Crippen molar-refractivity contribution in [3.8, 4) is 0 Å². The number of carbonyl (C=O) groups is 1. The molecule has 248 valence electrons. The van der Waals surface area contributed by atoms with Crippen LogP contribution >= 0.6 is 15.6 Å². The molecule has 6 rings (SSSR count). The number of nitrogens with zero attached hydrogens (tertiary/aromatic N) is 6. The van der Waals surface area contributed by atoms with Gasteiger partial charge in [-0.05, 0) is 6.07 Å². The molecule has 4 aromatic rings. The number of aliphatic hydroxyl groups is 4. The second-order valence-corrected chi connectivity index (χ2v) is 13.4. The Balaban J connectivity index is 1.13. The van der Waals surface area contributed by atoms with Crippen molar-refractivity contribution in [1.82, 2.24) is 23.9 Å². The Kier molecular flexibility index (Phi) is 8.80. The third-order valence-electron chi connectivity index (χ3n) is 7.27. The Morgan fingerprint density at radius 1 is 1.02 bits per heavy atom. The first kappa shape index (κ1) is 32.7. The van der Waals surface area contributed by atoms with Crippen LogP contribution in [0, 0.1) is 0 Å². The van der Waals surface area contributed by atoms with Crippen LogP contribution in [0.25, 0.3) is 16.9 Å². The molecule has 0 spiro atoms. The monoisotopic (exact) mass is 688 g/mol. The fraction of sp³-hybridized carbons (Fsp3) is 0.435. The molecule has 0 aromatic carbocycles. The number of carbonyl (C=O) groups excluding carboxylic acids is 1. The number of nitrogens with two attached hydrogens (primary N) is 1. The maximum absolute atomic E-state index is 13.3. The fourth-order valence-electron chi connectivity index (χ4n) is 5.04. The molecule has 9 atom stereocenters. The van der Waals surface area contributed by atoms with Gasteiger partial charge >= 0.3 is 15.6 Å². The molecule has 4 aromatic heterocycles. The minimum absolute atomic E-state index is 0.0674. The first-order valence-corrected chi connectivity index (χ1v) is 16.4. The van der Waals surface area contributed by atoms with Crippen molar-refractivity contribution >= 4 is 38.5 Å². The van der Waals surface area contributed by atoms with Gasteiger partial charge in [-0.3, -0.25) is 18.2 Å². The van der Waals surface area contributed by atoms with Gasteiger partial charge in [0.2, 0.25) is 5.78 Å². The third kappa shape index (κ3) is 6.46. The molecule has 0 bridgehead atoms. The summed E-state index contributed by atoms with van der Waals surface area (Å²) in [4.78, 5) is 42.8. The number of hydrogen-bond donors (Lipinski definition) is 7. The molecule has 0 aliphatic carbocycles. The van der Waals surface area contributed by atoms with Crippen molar-refractivity contribution < 1.29 is 71.5 Å². The van der Waals surface area contributed by atoms with E-state index in [0.717, 1.165) is 0 Å². The van der Waals surface area contributed by atoms with E-state index in [2.05, 4.69) is 19.3 Å². The molecule has 6 heterocycles. The number of fused-ring (bicyclic) bond motifs is 3. The molecule has 0 saturated carbocycles.